The van der Waals surface area contributed by atoms with Gasteiger partial charge in [-0.1, -0.05) is 0 Å². The summed E-state index contributed by atoms with van der Waals surface area (Å²) < 4.78 is 6.25. The maximum absolute atomic E-state index is 11.4. The van der Waals surface area contributed by atoms with Gasteiger partial charge in [0, 0.05) is 12.3 Å². The first-order chi connectivity index (χ1) is 7.65. The van der Waals surface area contributed by atoms with Gasteiger partial charge < -0.3 is 20.1 Å². The van der Waals surface area contributed by atoms with Crippen LogP contribution in [0.4, 0.5) is 0 Å². The normalized spacial score (nSPS) is 34.2. The minimum absolute atomic E-state index is 0.398. The van der Waals surface area contributed by atoms with Gasteiger partial charge in [-0.2, -0.15) is 0 Å². The van der Waals surface area contributed by atoms with Crippen molar-refractivity contribution in [2.24, 2.45) is 0 Å². The Morgan fingerprint density at radius 2 is 2.19 bits per heavy atom. The van der Waals surface area contributed by atoms with Crippen LogP contribution in [0.3, 0.4) is 0 Å². The van der Waals surface area contributed by atoms with E-state index in [9.17, 15) is 15.0 Å². The van der Waals surface area contributed by atoms with Crippen molar-refractivity contribution in [2.45, 2.75) is 24.5 Å². The standard InChI is InChI=1S/C9H12N2O5/c12-3-5-7(14)8(15)9(16-5)11-4-10-2-1-6(11)13/h1-2,4-5,7-9,12,14-15H,3H2/t5-,7+,8+,9-/m0/s1. The highest BCUT2D eigenvalue weighted by atomic mass is 16.6. The monoisotopic (exact) mass is 228 g/mol. The van der Waals surface area contributed by atoms with Crippen molar-refractivity contribution in [3.05, 3.63) is 28.9 Å². The second-order valence-electron chi connectivity index (χ2n) is 3.55. The SMILES string of the molecule is O=c1ccncn1[C@H]1O[C@@H](CO)[C@@H](O)[C@H]1O. The van der Waals surface area contributed by atoms with E-state index in [4.69, 9.17) is 9.84 Å². The van der Waals surface area contributed by atoms with Crippen LogP contribution in [0, 0.1) is 0 Å². The van der Waals surface area contributed by atoms with Crippen molar-refractivity contribution in [1.29, 1.82) is 0 Å². The summed E-state index contributed by atoms with van der Waals surface area (Å²) in [6.07, 6.45) is -1.87. The van der Waals surface area contributed by atoms with Crippen LogP contribution in [0.25, 0.3) is 0 Å². The van der Waals surface area contributed by atoms with Crippen LogP contribution in [0.15, 0.2) is 23.4 Å². The summed E-state index contributed by atoms with van der Waals surface area (Å²) in [5, 5.41) is 28.1. The van der Waals surface area contributed by atoms with Gasteiger partial charge in [0.1, 0.15) is 18.3 Å². The van der Waals surface area contributed by atoms with Gasteiger partial charge in [-0.25, -0.2) is 4.98 Å². The molecule has 7 heteroatoms. The van der Waals surface area contributed by atoms with Gasteiger partial charge in [0.25, 0.3) is 5.56 Å². The number of aliphatic hydroxyl groups excluding tert-OH is 3. The molecule has 2 rings (SSSR count). The number of aliphatic hydroxyl groups is 3. The zero-order valence-corrected chi connectivity index (χ0v) is 8.30. The van der Waals surface area contributed by atoms with Crippen molar-refractivity contribution in [3.8, 4) is 0 Å². The second kappa shape index (κ2) is 4.30. The van der Waals surface area contributed by atoms with E-state index in [0.717, 1.165) is 4.57 Å². The van der Waals surface area contributed by atoms with Crippen molar-refractivity contribution < 1.29 is 20.1 Å². The van der Waals surface area contributed by atoms with E-state index in [1.54, 1.807) is 0 Å². The smallest absolute Gasteiger partial charge is 0.255 e. The number of ether oxygens (including phenoxy) is 1. The van der Waals surface area contributed by atoms with E-state index in [-0.39, 0.29) is 0 Å². The summed E-state index contributed by atoms with van der Waals surface area (Å²) in [6.45, 7) is -0.427. The van der Waals surface area contributed by atoms with E-state index in [0.29, 0.717) is 0 Å². The summed E-state index contributed by atoms with van der Waals surface area (Å²) in [5.41, 5.74) is -0.398. The Labute approximate surface area is 90.6 Å². The molecule has 7 nitrogen and oxygen atoms in total. The Balaban J connectivity index is 2.30. The molecule has 1 aliphatic heterocycles. The minimum atomic E-state index is -1.26. The minimum Gasteiger partial charge on any atom is -0.394 e. The lowest BCUT2D eigenvalue weighted by Crippen LogP contribution is -2.35. The molecular weight excluding hydrogens is 216 g/mol. The van der Waals surface area contributed by atoms with E-state index < -0.39 is 36.7 Å². The highest BCUT2D eigenvalue weighted by Gasteiger charge is 2.43. The van der Waals surface area contributed by atoms with E-state index in [1.165, 1.54) is 18.6 Å². The van der Waals surface area contributed by atoms with Crippen LogP contribution in [-0.4, -0.2) is 49.8 Å². The molecule has 3 N–H and O–H groups in total. The summed E-state index contributed by atoms with van der Waals surface area (Å²) in [5.74, 6) is 0. The molecule has 0 saturated carbocycles. The molecule has 1 fully saturated rings. The third-order valence-corrected chi connectivity index (χ3v) is 2.54. The molecule has 0 aromatic carbocycles. The number of hydrogen-bond donors (Lipinski definition) is 3. The zero-order valence-electron chi connectivity index (χ0n) is 8.30. The van der Waals surface area contributed by atoms with Crippen molar-refractivity contribution in [1.82, 2.24) is 9.55 Å². The van der Waals surface area contributed by atoms with E-state index >= 15 is 0 Å². The van der Waals surface area contributed by atoms with Gasteiger partial charge in [0.15, 0.2) is 6.23 Å². The maximum atomic E-state index is 11.4. The van der Waals surface area contributed by atoms with Gasteiger partial charge >= 0.3 is 0 Å². The highest BCUT2D eigenvalue weighted by molar-refractivity contribution is 4.92. The molecule has 0 spiro atoms. The van der Waals surface area contributed by atoms with Gasteiger partial charge in [-0.3, -0.25) is 9.36 Å². The van der Waals surface area contributed by atoms with Crippen LogP contribution in [0.1, 0.15) is 6.23 Å². The Kier molecular flexibility index (Phi) is 3.01. The fourth-order valence-electron chi connectivity index (χ4n) is 1.66. The Morgan fingerprint density at radius 3 is 2.75 bits per heavy atom. The van der Waals surface area contributed by atoms with Crippen LogP contribution in [0.5, 0.6) is 0 Å². The lowest BCUT2D eigenvalue weighted by atomic mass is 10.1. The average Bonchev–Trinajstić information content (AvgIpc) is 2.57. The fourth-order valence-corrected chi connectivity index (χ4v) is 1.66. The molecule has 1 aromatic rings. The molecule has 2 heterocycles. The molecule has 0 unspecified atom stereocenters. The molecule has 0 amide bonds. The van der Waals surface area contributed by atoms with Gasteiger partial charge in [-0.05, 0) is 0 Å². The second-order valence-corrected chi connectivity index (χ2v) is 3.55. The first-order valence-corrected chi connectivity index (χ1v) is 4.79. The zero-order chi connectivity index (χ0) is 11.7. The molecule has 0 bridgehead atoms. The average molecular weight is 228 g/mol. The summed E-state index contributed by atoms with van der Waals surface area (Å²) in [6, 6.07) is 1.22. The number of rotatable bonds is 2. The predicted molar refractivity (Wildman–Crippen MR) is 51.5 cm³/mol. The molecule has 0 radical (unpaired) electrons. The van der Waals surface area contributed by atoms with Crippen LogP contribution >= 0.6 is 0 Å². The van der Waals surface area contributed by atoms with Crippen LogP contribution in [-0.2, 0) is 4.74 Å². The Bertz CT molecular complexity index is 420. The third-order valence-electron chi connectivity index (χ3n) is 2.54. The van der Waals surface area contributed by atoms with Gasteiger partial charge in [0.2, 0.25) is 0 Å². The molecule has 1 saturated heterocycles. The quantitative estimate of drug-likeness (QED) is 0.533. The lowest BCUT2D eigenvalue weighted by molar-refractivity contribution is -0.0548. The first-order valence-electron chi connectivity index (χ1n) is 4.79. The molecule has 1 aromatic heterocycles. The molecule has 88 valence electrons. The Morgan fingerprint density at radius 1 is 1.44 bits per heavy atom. The lowest BCUT2D eigenvalue weighted by Gasteiger charge is -2.16. The van der Waals surface area contributed by atoms with Crippen LogP contribution < -0.4 is 5.56 Å². The van der Waals surface area contributed by atoms with Crippen LogP contribution in [0.2, 0.25) is 0 Å². The van der Waals surface area contributed by atoms with Crippen molar-refractivity contribution >= 4 is 0 Å². The number of aromatic nitrogens is 2. The van der Waals surface area contributed by atoms with E-state index in [1.807, 2.05) is 0 Å². The van der Waals surface area contributed by atoms with E-state index in [2.05, 4.69) is 4.98 Å². The molecule has 1 aliphatic rings. The molecular formula is C9H12N2O5. The maximum Gasteiger partial charge on any atom is 0.255 e. The van der Waals surface area contributed by atoms with Crippen molar-refractivity contribution in [3.63, 3.8) is 0 Å². The molecule has 4 atom stereocenters. The number of hydrogen-bond acceptors (Lipinski definition) is 6. The topological polar surface area (TPSA) is 105 Å². The summed E-state index contributed by atoms with van der Waals surface area (Å²) in [7, 11) is 0. The first kappa shape index (κ1) is 11.2. The third kappa shape index (κ3) is 1.74. The van der Waals surface area contributed by atoms with Crippen molar-refractivity contribution in [2.75, 3.05) is 6.61 Å². The summed E-state index contributed by atoms with van der Waals surface area (Å²) >= 11 is 0. The highest BCUT2D eigenvalue weighted by Crippen LogP contribution is 2.27. The largest absolute Gasteiger partial charge is 0.394 e. The summed E-state index contributed by atoms with van der Waals surface area (Å²) in [4.78, 5) is 15.2. The number of nitrogens with zero attached hydrogens (tertiary/aromatic N) is 2. The van der Waals surface area contributed by atoms with Gasteiger partial charge in [-0.15, -0.1) is 0 Å². The Hall–Kier alpha value is -1.28. The molecule has 0 aliphatic carbocycles. The van der Waals surface area contributed by atoms with Gasteiger partial charge in [0.05, 0.1) is 12.9 Å². The fraction of sp³-hybridized carbons (Fsp3) is 0.556. The molecule has 16 heavy (non-hydrogen) atoms. The predicted octanol–water partition coefficient (Wildman–Crippen LogP) is -2.15.